The highest BCUT2D eigenvalue weighted by Gasteiger charge is 2.40. The zero-order valence-electron chi connectivity index (χ0n) is 20.2. The second kappa shape index (κ2) is 9.87. The van der Waals surface area contributed by atoms with Gasteiger partial charge in [0.2, 0.25) is 11.8 Å². The van der Waals surface area contributed by atoms with E-state index in [1.165, 1.54) is 11.0 Å². The summed E-state index contributed by atoms with van der Waals surface area (Å²) in [5, 5.41) is 2.34. The first kappa shape index (κ1) is 23.6. The van der Waals surface area contributed by atoms with Gasteiger partial charge in [0.05, 0.1) is 19.8 Å². The third-order valence-electron chi connectivity index (χ3n) is 7.31. The number of morpholine rings is 1. The maximum atomic E-state index is 13.0. The zero-order chi connectivity index (χ0) is 24.5. The van der Waals surface area contributed by atoms with Gasteiger partial charge in [-0.25, -0.2) is 0 Å². The van der Waals surface area contributed by atoms with Crippen LogP contribution >= 0.6 is 0 Å². The first-order valence-corrected chi connectivity index (χ1v) is 12.2. The molecular formula is C25H29B2N3O5. The van der Waals surface area contributed by atoms with Crippen molar-refractivity contribution in [1.29, 1.82) is 0 Å². The molecule has 3 aliphatic heterocycles. The second-order valence-corrected chi connectivity index (χ2v) is 9.49. The molecule has 3 heterocycles. The van der Waals surface area contributed by atoms with Crippen molar-refractivity contribution < 1.29 is 23.9 Å². The fourth-order valence-electron chi connectivity index (χ4n) is 5.31. The Morgan fingerprint density at radius 2 is 1.94 bits per heavy atom. The molecule has 35 heavy (non-hydrogen) atoms. The zero-order valence-corrected chi connectivity index (χ0v) is 20.2. The molecule has 2 atom stereocenters. The van der Waals surface area contributed by atoms with Crippen LogP contribution in [0.3, 0.4) is 0 Å². The first-order valence-electron chi connectivity index (χ1n) is 12.2. The Morgan fingerprint density at radius 3 is 2.69 bits per heavy atom. The number of benzene rings is 2. The highest BCUT2D eigenvalue weighted by Crippen LogP contribution is 2.34. The van der Waals surface area contributed by atoms with Gasteiger partial charge in [-0.05, 0) is 29.7 Å². The van der Waals surface area contributed by atoms with E-state index in [2.05, 4.69) is 44.1 Å². The van der Waals surface area contributed by atoms with Gasteiger partial charge < -0.3 is 14.4 Å². The summed E-state index contributed by atoms with van der Waals surface area (Å²) < 4.78 is 11.7. The quantitative estimate of drug-likeness (QED) is 0.439. The van der Waals surface area contributed by atoms with E-state index < -0.39 is 11.9 Å². The van der Waals surface area contributed by atoms with Crippen molar-refractivity contribution >= 4 is 38.9 Å². The Hall–Kier alpha value is -3.10. The van der Waals surface area contributed by atoms with Crippen molar-refractivity contribution in [3.05, 3.63) is 58.7 Å². The summed E-state index contributed by atoms with van der Waals surface area (Å²) in [5.41, 5.74) is 4.93. The van der Waals surface area contributed by atoms with Crippen LogP contribution in [0.4, 0.5) is 0 Å². The SMILES string of the molecule is Bc1cc(COc2cccc3c2CN(C2CCC(=O)NC2=O)C3=O)ccc1C(B)N1CCOCC1. The highest BCUT2D eigenvalue weighted by atomic mass is 16.5. The molecule has 2 fully saturated rings. The van der Waals surface area contributed by atoms with Crippen molar-refractivity contribution in [2.75, 3.05) is 26.3 Å². The first-order chi connectivity index (χ1) is 16.9. The molecule has 0 saturated carbocycles. The number of carbonyl (C=O) groups is 3. The van der Waals surface area contributed by atoms with Crippen molar-refractivity contribution in [2.24, 2.45) is 0 Å². The molecule has 8 nitrogen and oxygen atoms in total. The molecule has 2 saturated heterocycles. The third kappa shape index (κ3) is 4.73. The van der Waals surface area contributed by atoms with E-state index in [0.29, 0.717) is 36.8 Å². The maximum absolute atomic E-state index is 13.0. The Morgan fingerprint density at radius 1 is 1.14 bits per heavy atom. The number of hydrogen-bond acceptors (Lipinski definition) is 6. The van der Waals surface area contributed by atoms with E-state index in [9.17, 15) is 14.4 Å². The van der Waals surface area contributed by atoms with Gasteiger partial charge in [-0.1, -0.05) is 29.7 Å². The van der Waals surface area contributed by atoms with Gasteiger partial charge in [-0.3, -0.25) is 24.6 Å². The van der Waals surface area contributed by atoms with Crippen molar-refractivity contribution in [3.63, 3.8) is 0 Å². The lowest BCUT2D eigenvalue weighted by Crippen LogP contribution is -2.52. The number of nitrogens with zero attached hydrogens (tertiary/aromatic N) is 2. The lowest BCUT2D eigenvalue weighted by Gasteiger charge is -2.33. The molecule has 2 aromatic rings. The summed E-state index contributed by atoms with van der Waals surface area (Å²) in [6, 6.07) is 11.2. The molecule has 0 bridgehead atoms. The average Bonchev–Trinajstić information content (AvgIpc) is 3.19. The fourth-order valence-corrected chi connectivity index (χ4v) is 5.31. The van der Waals surface area contributed by atoms with E-state index in [4.69, 9.17) is 9.47 Å². The fraction of sp³-hybridized carbons (Fsp3) is 0.400. The van der Waals surface area contributed by atoms with Gasteiger partial charge in [-0.2, -0.15) is 0 Å². The molecule has 0 aromatic heterocycles. The van der Waals surface area contributed by atoms with Crippen LogP contribution in [0.1, 0.15) is 45.8 Å². The molecule has 0 radical (unpaired) electrons. The highest BCUT2D eigenvalue weighted by molar-refractivity contribution is 6.34. The number of piperidine rings is 1. The minimum absolute atomic E-state index is 0.197. The van der Waals surface area contributed by atoms with Crippen LogP contribution < -0.4 is 15.5 Å². The summed E-state index contributed by atoms with van der Waals surface area (Å²) in [5.74, 6) is 0.0775. The molecule has 0 spiro atoms. The average molecular weight is 473 g/mol. The number of imide groups is 1. The van der Waals surface area contributed by atoms with Crippen molar-refractivity contribution in [1.82, 2.24) is 15.1 Å². The predicted octanol–water partition coefficient (Wildman–Crippen LogP) is -0.751. The Kier molecular flexibility index (Phi) is 6.67. The molecule has 3 amide bonds. The second-order valence-electron chi connectivity index (χ2n) is 9.49. The van der Waals surface area contributed by atoms with E-state index in [1.54, 1.807) is 17.0 Å². The van der Waals surface area contributed by atoms with Crippen LogP contribution in [0.2, 0.25) is 0 Å². The number of nitrogens with one attached hydrogen (secondary N) is 1. The maximum Gasteiger partial charge on any atom is 0.255 e. The topological polar surface area (TPSA) is 88.2 Å². The number of amides is 3. The molecule has 1 N–H and O–H groups in total. The van der Waals surface area contributed by atoms with E-state index in [0.717, 1.165) is 37.4 Å². The van der Waals surface area contributed by atoms with Crippen molar-refractivity contribution in [2.45, 2.75) is 38.0 Å². The number of ether oxygens (including phenoxy) is 2. The Labute approximate surface area is 206 Å². The summed E-state index contributed by atoms with van der Waals surface area (Å²) in [7, 11) is 4.37. The summed E-state index contributed by atoms with van der Waals surface area (Å²) in [6.45, 7) is 4.13. The molecular weight excluding hydrogens is 444 g/mol. The van der Waals surface area contributed by atoms with Crippen LogP contribution in [0.5, 0.6) is 5.75 Å². The van der Waals surface area contributed by atoms with Crippen LogP contribution in [0.15, 0.2) is 36.4 Å². The minimum atomic E-state index is -0.635. The normalized spacial score (nSPS) is 21.5. The Bertz CT molecular complexity index is 1170. The number of hydrogen-bond donors (Lipinski definition) is 1. The number of fused-ring (bicyclic) bond motifs is 1. The standard InChI is InChI=1S/C25H29B2N3O5/c26-19-12-15(4-5-17(19)23(27)29-8-10-34-11-9-29)14-35-21-3-1-2-16-18(21)13-30(25(16)33)20-6-7-22(31)28-24(20)32/h1-5,12,20,23H,6-11,13-14,26-27H2,(H,28,31,32). The lowest BCUT2D eigenvalue weighted by molar-refractivity contribution is -0.136. The van der Waals surface area contributed by atoms with Gasteiger partial charge >= 0.3 is 0 Å². The third-order valence-corrected chi connectivity index (χ3v) is 7.31. The van der Waals surface area contributed by atoms with E-state index in [1.807, 2.05) is 6.07 Å². The number of carbonyl (C=O) groups excluding carboxylic acids is 3. The van der Waals surface area contributed by atoms with Crippen LogP contribution in [0.25, 0.3) is 0 Å². The molecule has 0 aliphatic carbocycles. The largest absolute Gasteiger partial charge is 0.489 e. The smallest absolute Gasteiger partial charge is 0.255 e. The summed E-state index contributed by atoms with van der Waals surface area (Å²) in [4.78, 5) is 40.8. The molecule has 180 valence electrons. The van der Waals surface area contributed by atoms with Crippen LogP contribution in [-0.4, -0.2) is 75.6 Å². The van der Waals surface area contributed by atoms with E-state index in [-0.39, 0.29) is 18.2 Å². The molecule has 5 rings (SSSR count). The van der Waals surface area contributed by atoms with Gasteiger partial charge in [0.15, 0.2) is 0 Å². The lowest BCUT2D eigenvalue weighted by atomic mass is 9.78. The van der Waals surface area contributed by atoms with Gasteiger partial charge in [0, 0.05) is 36.6 Å². The molecule has 10 heteroatoms. The van der Waals surface area contributed by atoms with Crippen molar-refractivity contribution in [3.8, 4) is 5.75 Å². The van der Waals surface area contributed by atoms with Crippen LogP contribution in [-0.2, 0) is 27.5 Å². The van der Waals surface area contributed by atoms with E-state index >= 15 is 0 Å². The molecule has 2 aromatic carbocycles. The predicted molar refractivity (Wildman–Crippen MR) is 135 cm³/mol. The van der Waals surface area contributed by atoms with Crippen LogP contribution in [0, 0.1) is 0 Å². The molecule has 3 aliphatic rings. The van der Waals surface area contributed by atoms with Gasteiger partial charge in [0.25, 0.3) is 5.91 Å². The Balaban J connectivity index is 1.27. The summed E-state index contributed by atoms with van der Waals surface area (Å²) in [6.07, 6.45) is 0.578. The summed E-state index contributed by atoms with van der Waals surface area (Å²) >= 11 is 0. The van der Waals surface area contributed by atoms with Gasteiger partial charge in [-0.15, -0.1) is 0 Å². The molecule has 2 unspecified atom stereocenters. The monoisotopic (exact) mass is 473 g/mol. The van der Waals surface area contributed by atoms with Gasteiger partial charge in [0.1, 0.15) is 34.1 Å². The minimum Gasteiger partial charge on any atom is -0.489 e. The number of rotatable bonds is 6.